The van der Waals surface area contributed by atoms with Crippen LogP contribution in [-0.2, 0) is 9.53 Å². The summed E-state index contributed by atoms with van der Waals surface area (Å²) in [7, 11) is 0. The van der Waals surface area contributed by atoms with E-state index in [2.05, 4.69) is 5.32 Å². The van der Waals surface area contributed by atoms with Gasteiger partial charge < -0.3 is 15.2 Å². The molecule has 4 heteroatoms. The maximum Gasteiger partial charge on any atom is 0.252 e. The highest BCUT2D eigenvalue weighted by Gasteiger charge is 2.65. The molecule has 0 radical (unpaired) electrons. The van der Waals surface area contributed by atoms with E-state index < -0.39 is 5.60 Å². The number of hydrogen-bond acceptors (Lipinski definition) is 3. The Morgan fingerprint density at radius 1 is 1.10 bits per heavy atom. The van der Waals surface area contributed by atoms with Gasteiger partial charge in [-0.25, -0.2) is 0 Å². The molecule has 3 atom stereocenters. The predicted octanol–water partition coefficient (Wildman–Crippen LogP) is 1.76. The molecule has 4 fully saturated rings. The summed E-state index contributed by atoms with van der Waals surface area (Å²) in [5.41, 5.74) is -0.907. The van der Waals surface area contributed by atoms with Crippen LogP contribution in [0.1, 0.15) is 57.8 Å². The summed E-state index contributed by atoms with van der Waals surface area (Å²) in [5.74, 6) is 0.374. The molecule has 20 heavy (non-hydrogen) atoms. The zero-order valence-electron chi connectivity index (χ0n) is 12.1. The van der Waals surface area contributed by atoms with E-state index in [0.29, 0.717) is 24.9 Å². The maximum absolute atomic E-state index is 12.5. The van der Waals surface area contributed by atoms with Crippen molar-refractivity contribution in [1.82, 2.24) is 5.32 Å². The van der Waals surface area contributed by atoms with Crippen LogP contribution in [0.4, 0.5) is 0 Å². The molecule has 3 unspecified atom stereocenters. The van der Waals surface area contributed by atoms with Crippen LogP contribution >= 0.6 is 0 Å². The van der Waals surface area contributed by atoms with Gasteiger partial charge >= 0.3 is 0 Å². The lowest BCUT2D eigenvalue weighted by molar-refractivity contribution is -0.157. The lowest BCUT2D eigenvalue weighted by Gasteiger charge is -2.57. The quantitative estimate of drug-likeness (QED) is 0.809. The third-order valence-electron chi connectivity index (χ3n) is 6.43. The van der Waals surface area contributed by atoms with Crippen LogP contribution in [-0.4, -0.2) is 35.4 Å². The zero-order valence-corrected chi connectivity index (χ0v) is 12.1. The van der Waals surface area contributed by atoms with Crippen LogP contribution < -0.4 is 5.32 Å². The van der Waals surface area contributed by atoms with Crippen LogP contribution in [0.15, 0.2) is 0 Å². The van der Waals surface area contributed by atoms with Gasteiger partial charge in [0.2, 0.25) is 0 Å². The van der Waals surface area contributed by atoms with Gasteiger partial charge in [0.1, 0.15) is 5.60 Å². The zero-order chi connectivity index (χ0) is 13.8. The van der Waals surface area contributed by atoms with Crippen LogP contribution in [0, 0.1) is 11.3 Å². The average Bonchev–Trinajstić information content (AvgIpc) is 3.15. The van der Waals surface area contributed by atoms with Crippen LogP contribution in [0.5, 0.6) is 0 Å². The van der Waals surface area contributed by atoms with E-state index in [9.17, 15) is 9.90 Å². The molecule has 4 rings (SSSR count). The first-order chi connectivity index (χ1) is 9.66. The molecule has 1 amide bonds. The van der Waals surface area contributed by atoms with Gasteiger partial charge in [0, 0.05) is 24.0 Å². The SMILES string of the molecule is O=C(NC1C2CCOC2C12CCCC2)C1(O)CCCC1. The summed E-state index contributed by atoms with van der Waals surface area (Å²) >= 11 is 0. The van der Waals surface area contributed by atoms with Crippen LogP contribution in [0.3, 0.4) is 0 Å². The van der Waals surface area contributed by atoms with Gasteiger partial charge in [0.15, 0.2) is 0 Å². The third kappa shape index (κ3) is 1.64. The number of ether oxygens (including phenoxy) is 1. The molecule has 112 valence electrons. The van der Waals surface area contributed by atoms with E-state index in [0.717, 1.165) is 25.9 Å². The fraction of sp³-hybridized carbons (Fsp3) is 0.938. The predicted molar refractivity (Wildman–Crippen MR) is 74.1 cm³/mol. The summed E-state index contributed by atoms with van der Waals surface area (Å²) < 4.78 is 5.94. The topological polar surface area (TPSA) is 58.6 Å². The molecule has 1 spiro atoms. The summed E-state index contributed by atoms with van der Waals surface area (Å²) in [6.45, 7) is 0.841. The molecular weight excluding hydrogens is 254 g/mol. The Bertz CT molecular complexity index is 410. The van der Waals surface area contributed by atoms with E-state index in [1.54, 1.807) is 0 Å². The lowest BCUT2D eigenvalue weighted by Crippen LogP contribution is -2.69. The third-order valence-corrected chi connectivity index (χ3v) is 6.43. The van der Waals surface area contributed by atoms with Crippen molar-refractivity contribution in [2.45, 2.75) is 75.5 Å². The first-order valence-corrected chi connectivity index (χ1v) is 8.31. The van der Waals surface area contributed by atoms with E-state index >= 15 is 0 Å². The van der Waals surface area contributed by atoms with Crippen molar-refractivity contribution in [1.29, 1.82) is 0 Å². The fourth-order valence-corrected chi connectivity index (χ4v) is 5.37. The van der Waals surface area contributed by atoms with Gasteiger partial charge in [-0.3, -0.25) is 4.79 Å². The standard InChI is InChI=1S/C16H25NO3/c18-14(16(19)8-3-4-9-16)17-12-11-5-10-20-13(11)15(12)6-1-2-7-15/h11-13,19H,1-10H2,(H,17,18). The minimum Gasteiger partial charge on any atom is -0.380 e. The molecular formula is C16H25NO3. The maximum atomic E-state index is 12.5. The number of carbonyl (C=O) groups is 1. The summed E-state index contributed by atoms with van der Waals surface area (Å²) in [5, 5.41) is 13.7. The highest BCUT2D eigenvalue weighted by Crippen LogP contribution is 2.60. The Labute approximate surface area is 120 Å². The number of rotatable bonds is 2. The molecule has 0 aromatic carbocycles. The van der Waals surface area contributed by atoms with E-state index in [1.807, 2.05) is 0 Å². The molecule has 4 nitrogen and oxygen atoms in total. The average molecular weight is 279 g/mol. The smallest absolute Gasteiger partial charge is 0.252 e. The van der Waals surface area contributed by atoms with Crippen LogP contribution in [0.25, 0.3) is 0 Å². The fourth-order valence-electron chi connectivity index (χ4n) is 5.37. The van der Waals surface area contributed by atoms with Gasteiger partial charge in [0.25, 0.3) is 5.91 Å². The van der Waals surface area contributed by atoms with Crippen molar-refractivity contribution in [2.75, 3.05) is 6.61 Å². The Morgan fingerprint density at radius 3 is 2.45 bits per heavy atom. The second-order valence-electron chi connectivity index (χ2n) is 7.37. The van der Waals surface area contributed by atoms with Crippen molar-refractivity contribution in [3.05, 3.63) is 0 Å². The van der Waals surface area contributed by atoms with Gasteiger partial charge in [-0.2, -0.15) is 0 Å². The Morgan fingerprint density at radius 2 is 1.75 bits per heavy atom. The molecule has 2 N–H and O–H groups in total. The molecule has 0 aromatic heterocycles. The summed E-state index contributed by atoms with van der Waals surface area (Å²) in [6, 6.07) is 0.245. The highest BCUT2D eigenvalue weighted by molar-refractivity contribution is 5.85. The second-order valence-corrected chi connectivity index (χ2v) is 7.37. The normalized spacial score (nSPS) is 40.5. The first-order valence-electron chi connectivity index (χ1n) is 8.31. The minimum absolute atomic E-state index is 0.114. The Balaban J connectivity index is 1.51. The molecule has 0 bridgehead atoms. The van der Waals surface area contributed by atoms with Crippen molar-refractivity contribution in [2.24, 2.45) is 11.3 Å². The number of nitrogens with one attached hydrogen (secondary N) is 1. The Hall–Kier alpha value is -0.610. The van der Waals surface area contributed by atoms with Gasteiger partial charge in [-0.1, -0.05) is 12.8 Å². The molecule has 1 heterocycles. The van der Waals surface area contributed by atoms with Gasteiger partial charge in [-0.15, -0.1) is 0 Å². The van der Waals surface area contributed by atoms with Crippen molar-refractivity contribution < 1.29 is 14.6 Å². The minimum atomic E-state index is -1.09. The number of amides is 1. The van der Waals surface area contributed by atoms with Crippen molar-refractivity contribution in [3.8, 4) is 0 Å². The number of hydrogen-bond donors (Lipinski definition) is 2. The highest BCUT2D eigenvalue weighted by atomic mass is 16.5. The lowest BCUT2D eigenvalue weighted by atomic mass is 9.54. The molecule has 3 aliphatic carbocycles. The number of fused-ring (bicyclic) bond motifs is 2. The molecule has 0 aromatic rings. The summed E-state index contributed by atoms with van der Waals surface area (Å²) in [4.78, 5) is 12.5. The monoisotopic (exact) mass is 279 g/mol. The first kappa shape index (κ1) is 13.1. The van der Waals surface area contributed by atoms with E-state index in [1.165, 1.54) is 25.7 Å². The van der Waals surface area contributed by atoms with Crippen LogP contribution in [0.2, 0.25) is 0 Å². The summed E-state index contributed by atoms with van der Waals surface area (Å²) in [6.07, 6.45) is 9.49. The number of carbonyl (C=O) groups excluding carboxylic acids is 1. The Kier molecular flexibility index (Phi) is 2.90. The van der Waals surface area contributed by atoms with Gasteiger partial charge in [-0.05, 0) is 44.9 Å². The van der Waals surface area contributed by atoms with Gasteiger partial charge in [0.05, 0.1) is 6.10 Å². The van der Waals surface area contributed by atoms with Crippen molar-refractivity contribution >= 4 is 5.91 Å². The van der Waals surface area contributed by atoms with E-state index in [4.69, 9.17) is 4.74 Å². The van der Waals surface area contributed by atoms with E-state index in [-0.39, 0.29) is 17.4 Å². The largest absolute Gasteiger partial charge is 0.380 e. The second kappa shape index (κ2) is 4.44. The molecule has 3 saturated carbocycles. The molecule has 1 aliphatic heterocycles. The molecule has 4 aliphatic rings. The van der Waals surface area contributed by atoms with Crippen molar-refractivity contribution in [3.63, 3.8) is 0 Å². The molecule has 1 saturated heterocycles. The number of aliphatic hydroxyl groups is 1.